The number of carbonyl (C=O) groups excluding carboxylic acids is 2. The molecule has 0 saturated carbocycles. The van der Waals surface area contributed by atoms with Crippen LogP contribution in [0.3, 0.4) is 0 Å². The van der Waals surface area contributed by atoms with Crippen molar-refractivity contribution in [2.45, 2.75) is 12.8 Å². The maximum atomic E-state index is 12.3. The predicted molar refractivity (Wildman–Crippen MR) is 73.7 cm³/mol. The molecule has 1 saturated heterocycles. The summed E-state index contributed by atoms with van der Waals surface area (Å²) in [7, 11) is 0. The van der Waals surface area contributed by atoms with Crippen LogP contribution in [-0.4, -0.2) is 50.0 Å². The molecule has 0 aliphatic carbocycles. The molecular formula is C13H14N6O2. The van der Waals surface area contributed by atoms with Crippen molar-refractivity contribution in [3.63, 3.8) is 0 Å². The number of carbonyl (C=O) groups is 2. The zero-order chi connectivity index (χ0) is 14.7. The van der Waals surface area contributed by atoms with Crippen molar-refractivity contribution in [3.05, 3.63) is 36.2 Å². The molecule has 0 spiro atoms. The maximum Gasteiger partial charge on any atom is 0.275 e. The second-order valence-electron chi connectivity index (χ2n) is 4.70. The highest BCUT2D eigenvalue weighted by Crippen LogP contribution is 2.18. The fraction of sp³-hybridized carbons (Fsp3) is 0.308. The lowest BCUT2D eigenvalue weighted by molar-refractivity contribution is 0.0788. The average Bonchev–Trinajstić information content (AvgIpc) is 3.19. The summed E-state index contributed by atoms with van der Waals surface area (Å²) in [4.78, 5) is 33.8. The van der Waals surface area contributed by atoms with Crippen molar-refractivity contribution in [2.24, 2.45) is 0 Å². The fourth-order valence-electron chi connectivity index (χ4n) is 2.22. The number of nitrogens with one attached hydrogen (secondary N) is 2. The SMILES string of the molecule is O=C(Nc1cn[nH]c1C(=O)N1CCCC1)c1cnccn1. The summed E-state index contributed by atoms with van der Waals surface area (Å²) in [5.74, 6) is -0.584. The highest BCUT2D eigenvalue weighted by Gasteiger charge is 2.24. The van der Waals surface area contributed by atoms with Crippen molar-refractivity contribution >= 4 is 17.5 Å². The number of anilines is 1. The number of likely N-dealkylation sites (tertiary alicyclic amines) is 1. The third-order valence-corrected chi connectivity index (χ3v) is 3.29. The van der Waals surface area contributed by atoms with E-state index in [1.165, 1.54) is 24.8 Å². The first-order valence-electron chi connectivity index (χ1n) is 6.66. The quantitative estimate of drug-likeness (QED) is 0.863. The van der Waals surface area contributed by atoms with E-state index >= 15 is 0 Å². The van der Waals surface area contributed by atoms with Crippen LogP contribution in [-0.2, 0) is 0 Å². The molecule has 2 N–H and O–H groups in total. The molecule has 0 aromatic carbocycles. The Bertz CT molecular complexity index is 648. The summed E-state index contributed by atoms with van der Waals surface area (Å²) >= 11 is 0. The van der Waals surface area contributed by atoms with Gasteiger partial charge >= 0.3 is 0 Å². The van der Waals surface area contributed by atoms with E-state index in [2.05, 4.69) is 25.5 Å². The van der Waals surface area contributed by atoms with Crippen LogP contribution in [0.1, 0.15) is 33.8 Å². The minimum Gasteiger partial charge on any atom is -0.337 e. The van der Waals surface area contributed by atoms with Crippen LogP contribution >= 0.6 is 0 Å². The van der Waals surface area contributed by atoms with Crippen LogP contribution in [0.25, 0.3) is 0 Å². The first-order valence-corrected chi connectivity index (χ1v) is 6.66. The highest BCUT2D eigenvalue weighted by atomic mass is 16.2. The number of aromatic amines is 1. The molecule has 2 aromatic heterocycles. The third-order valence-electron chi connectivity index (χ3n) is 3.29. The Morgan fingerprint density at radius 3 is 2.71 bits per heavy atom. The van der Waals surface area contributed by atoms with Gasteiger partial charge in [-0.25, -0.2) is 4.98 Å². The Morgan fingerprint density at radius 2 is 2.00 bits per heavy atom. The van der Waals surface area contributed by atoms with E-state index in [9.17, 15) is 9.59 Å². The van der Waals surface area contributed by atoms with Gasteiger partial charge < -0.3 is 10.2 Å². The van der Waals surface area contributed by atoms with E-state index in [1.54, 1.807) is 4.90 Å². The molecule has 0 unspecified atom stereocenters. The van der Waals surface area contributed by atoms with Crippen molar-refractivity contribution in [3.8, 4) is 0 Å². The van der Waals surface area contributed by atoms with Crippen LogP contribution < -0.4 is 5.32 Å². The van der Waals surface area contributed by atoms with E-state index < -0.39 is 5.91 Å². The van der Waals surface area contributed by atoms with Gasteiger partial charge in [0.15, 0.2) is 0 Å². The number of rotatable bonds is 3. The molecule has 2 amide bonds. The zero-order valence-electron chi connectivity index (χ0n) is 11.2. The van der Waals surface area contributed by atoms with Gasteiger partial charge in [-0.15, -0.1) is 0 Å². The number of amides is 2. The number of hydrogen-bond acceptors (Lipinski definition) is 5. The van der Waals surface area contributed by atoms with Gasteiger partial charge in [-0.3, -0.25) is 19.7 Å². The van der Waals surface area contributed by atoms with E-state index in [0.717, 1.165) is 25.9 Å². The summed E-state index contributed by atoms with van der Waals surface area (Å²) in [5.41, 5.74) is 0.815. The Labute approximate surface area is 120 Å². The molecule has 0 radical (unpaired) electrons. The van der Waals surface area contributed by atoms with Gasteiger partial charge in [0.05, 0.1) is 18.1 Å². The van der Waals surface area contributed by atoms with Gasteiger partial charge in [0.1, 0.15) is 11.4 Å². The molecule has 0 bridgehead atoms. The summed E-state index contributed by atoms with van der Waals surface area (Å²) in [5, 5.41) is 9.11. The topological polar surface area (TPSA) is 104 Å². The van der Waals surface area contributed by atoms with E-state index in [4.69, 9.17) is 0 Å². The summed E-state index contributed by atoms with van der Waals surface area (Å²) < 4.78 is 0. The van der Waals surface area contributed by atoms with Crippen LogP contribution in [0, 0.1) is 0 Å². The van der Waals surface area contributed by atoms with Gasteiger partial charge in [0.25, 0.3) is 11.8 Å². The van der Waals surface area contributed by atoms with Crippen LogP contribution in [0.2, 0.25) is 0 Å². The monoisotopic (exact) mass is 286 g/mol. The van der Waals surface area contributed by atoms with E-state index in [1.807, 2.05) is 0 Å². The molecule has 21 heavy (non-hydrogen) atoms. The fourth-order valence-corrected chi connectivity index (χ4v) is 2.22. The van der Waals surface area contributed by atoms with E-state index in [0.29, 0.717) is 5.69 Å². The Hall–Kier alpha value is -2.77. The Kier molecular flexibility index (Phi) is 3.59. The van der Waals surface area contributed by atoms with Gasteiger partial charge in [-0.1, -0.05) is 0 Å². The van der Waals surface area contributed by atoms with Crippen molar-refractivity contribution in [2.75, 3.05) is 18.4 Å². The number of H-pyrrole nitrogens is 1. The maximum absolute atomic E-state index is 12.3. The number of nitrogens with zero attached hydrogens (tertiary/aromatic N) is 4. The Balaban J connectivity index is 1.76. The molecule has 1 aliphatic rings. The average molecular weight is 286 g/mol. The minimum absolute atomic E-state index is 0.153. The third kappa shape index (κ3) is 2.73. The second kappa shape index (κ2) is 5.70. The predicted octanol–water partition coefficient (Wildman–Crippen LogP) is 0.688. The van der Waals surface area contributed by atoms with Crippen LogP contribution in [0.5, 0.6) is 0 Å². The first kappa shape index (κ1) is 13.2. The van der Waals surface area contributed by atoms with Gasteiger partial charge in [-0.05, 0) is 12.8 Å². The molecule has 1 fully saturated rings. The van der Waals surface area contributed by atoms with Crippen molar-refractivity contribution < 1.29 is 9.59 Å². The number of aromatic nitrogens is 4. The van der Waals surface area contributed by atoms with Gasteiger partial charge in [0.2, 0.25) is 0 Å². The second-order valence-corrected chi connectivity index (χ2v) is 4.70. The standard InChI is InChI=1S/C13H14N6O2/c20-12(10-7-14-3-4-15-10)17-9-8-16-18-11(9)13(21)19-5-1-2-6-19/h3-4,7-8H,1-2,5-6H2,(H,16,18)(H,17,20). The molecule has 108 valence electrons. The first-order chi connectivity index (χ1) is 10.3. The van der Waals surface area contributed by atoms with Gasteiger partial charge in [-0.2, -0.15) is 5.10 Å². The zero-order valence-corrected chi connectivity index (χ0v) is 11.2. The molecule has 3 heterocycles. The molecule has 3 rings (SSSR count). The summed E-state index contributed by atoms with van der Waals surface area (Å²) in [6, 6.07) is 0. The van der Waals surface area contributed by atoms with Crippen LogP contribution in [0.15, 0.2) is 24.8 Å². The molecule has 8 heteroatoms. The van der Waals surface area contributed by atoms with Gasteiger partial charge in [0, 0.05) is 25.5 Å². The minimum atomic E-state index is -0.431. The normalized spacial score (nSPS) is 14.2. The largest absolute Gasteiger partial charge is 0.337 e. The summed E-state index contributed by atoms with van der Waals surface area (Å²) in [6.45, 7) is 1.46. The molecule has 1 aliphatic heterocycles. The summed E-state index contributed by atoms with van der Waals surface area (Å²) in [6.07, 6.45) is 7.69. The van der Waals surface area contributed by atoms with Crippen LogP contribution in [0.4, 0.5) is 5.69 Å². The lowest BCUT2D eigenvalue weighted by Crippen LogP contribution is -2.29. The molecule has 8 nitrogen and oxygen atoms in total. The van der Waals surface area contributed by atoms with Crippen molar-refractivity contribution in [1.82, 2.24) is 25.1 Å². The molecule has 0 atom stereocenters. The van der Waals surface area contributed by atoms with E-state index in [-0.39, 0.29) is 17.3 Å². The molecule has 2 aromatic rings. The lowest BCUT2D eigenvalue weighted by atomic mass is 10.3. The number of hydrogen-bond donors (Lipinski definition) is 2. The molecular weight excluding hydrogens is 272 g/mol. The lowest BCUT2D eigenvalue weighted by Gasteiger charge is -2.14. The smallest absolute Gasteiger partial charge is 0.275 e. The Morgan fingerprint density at radius 1 is 1.19 bits per heavy atom. The van der Waals surface area contributed by atoms with Crippen molar-refractivity contribution in [1.29, 1.82) is 0 Å². The highest BCUT2D eigenvalue weighted by molar-refractivity contribution is 6.07.